The van der Waals surface area contributed by atoms with Crippen molar-refractivity contribution >= 4 is 17.5 Å². The van der Waals surface area contributed by atoms with Crippen LogP contribution in [0, 0.1) is 23.2 Å². The molecule has 5 rings (SSSR count). The van der Waals surface area contributed by atoms with Gasteiger partial charge in [-0.25, -0.2) is 0 Å². The first-order valence-electron chi connectivity index (χ1n) is 9.42. The number of amides is 1. The highest BCUT2D eigenvalue weighted by Crippen LogP contribution is 2.61. The Hall–Kier alpha value is -1.03. The van der Waals surface area contributed by atoms with E-state index >= 15 is 0 Å². The molecule has 5 heteroatoms. The molecule has 0 spiro atoms. The van der Waals surface area contributed by atoms with Crippen LogP contribution < -0.4 is 0 Å². The summed E-state index contributed by atoms with van der Waals surface area (Å²) in [7, 11) is 1.89. The number of hydrogen-bond donors (Lipinski definition) is 0. The van der Waals surface area contributed by atoms with E-state index in [-0.39, 0.29) is 5.91 Å². The molecule has 4 bridgehead atoms. The molecular formula is C19H28ClN3O. The minimum atomic E-state index is 0.263. The Morgan fingerprint density at radius 3 is 2.38 bits per heavy atom. The minimum Gasteiger partial charge on any atom is -0.340 e. The lowest BCUT2D eigenvalue weighted by molar-refractivity contribution is -0.138. The van der Waals surface area contributed by atoms with Gasteiger partial charge in [-0.15, -0.1) is 0 Å². The molecular weight excluding hydrogens is 322 g/mol. The second-order valence-electron chi connectivity index (χ2n) is 8.62. The molecule has 0 aromatic carbocycles. The second-order valence-corrected chi connectivity index (χ2v) is 9.03. The summed E-state index contributed by atoms with van der Waals surface area (Å²) in [5.41, 5.74) is 1.10. The first kappa shape index (κ1) is 16.4. The predicted molar refractivity (Wildman–Crippen MR) is 94.6 cm³/mol. The Morgan fingerprint density at radius 2 is 1.88 bits per heavy atom. The molecule has 4 aliphatic carbocycles. The fourth-order valence-corrected chi connectivity index (χ4v) is 6.19. The summed E-state index contributed by atoms with van der Waals surface area (Å²) in [5, 5.41) is 5.13. The van der Waals surface area contributed by atoms with Crippen molar-refractivity contribution in [3.05, 3.63) is 16.9 Å². The van der Waals surface area contributed by atoms with Crippen molar-refractivity contribution in [1.29, 1.82) is 0 Å². The largest absolute Gasteiger partial charge is 0.340 e. The van der Waals surface area contributed by atoms with Gasteiger partial charge in [0.15, 0.2) is 0 Å². The van der Waals surface area contributed by atoms with Gasteiger partial charge in [-0.3, -0.25) is 9.48 Å². The molecule has 1 amide bonds. The molecule has 0 N–H and O–H groups in total. The molecule has 1 aromatic heterocycles. The highest BCUT2D eigenvalue weighted by Gasteiger charge is 2.51. The molecule has 1 aromatic rings. The maximum Gasteiger partial charge on any atom is 0.223 e. The van der Waals surface area contributed by atoms with Gasteiger partial charge in [-0.1, -0.05) is 11.6 Å². The number of halogens is 1. The molecule has 0 aliphatic heterocycles. The van der Waals surface area contributed by atoms with Crippen LogP contribution in [0.4, 0.5) is 0 Å². The van der Waals surface area contributed by atoms with Gasteiger partial charge in [-0.05, 0) is 68.6 Å². The van der Waals surface area contributed by atoms with Crippen LogP contribution in [0.5, 0.6) is 0 Å². The maximum atomic E-state index is 12.9. The van der Waals surface area contributed by atoms with Crippen LogP contribution >= 0.6 is 11.6 Å². The molecule has 24 heavy (non-hydrogen) atoms. The Labute approximate surface area is 149 Å². The fraction of sp³-hybridized carbons (Fsp3) is 0.789. The number of aryl methyl sites for hydroxylation is 1. The molecule has 4 saturated carbocycles. The molecule has 0 atom stereocenters. The molecule has 132 valence electrons. The molecule has 4 fully saturated rings. The van der Waals surface area contributed by atoms with E-state index < -0.39 is 0 Å². The van der Waals surface area contributed by atoms with Gasteiger partial charge in [0.2, 0.25) is 5.91 Å². The predicted octanol–water partition coefficient (Wildman–Crippen LogP) is 4.12. The van der Waals surface area contributed by atoms with Crippen LogP contribution in [0.1, 0.15) is 57.6 Å². The van der Waals surface area contributed by atoms with Gasteiger partial charge in [0.1, 0.15) is 5.69 Å². The van der Waals surface area contributed by atoms with Crippen molar-refractivity contribution in [2.24, 2.45) is 23.2 Å². The van der Waals surface area contributed by atoms with Crippen LogP contribution in [0.15, 0.2) is 6.20 Å². The van der Waals surface area contributed by atoms with Gasteiger partial charge in [-0.2, -0.15) is 5.10 Å². The van der Waals surface area contributed by atoms with Crippen molar-refractivity contribution in [3.8, 4) is 0 Å². The van der Waals surface area contributed by atoms with Gasteiger partial charge in [0, 0.05) is 26.2 Å². The van der Waals surface area contributed by atoms with Crippen molar-refractivity contribution in [1.82, 2.24) is 14.7 Å². The smallest absolute Gasteiger partial charge is 0.223 e. The third-order valence-electron chi connectivity index (χ3n) is 6.62. The van der Waals surface area contributed by atoms with Crippen LogP contribution in [0.3, 0.4) is 0 Å². The van der Waals surface area contributed by atoms with Crippen molar-refractivity contribution in [3.63, 3.8) is 0 Å². The summed E-state index contributed by atoms with van der Waals surface area (Å²) < 4.78 is 1.83. The minimum absolute atomic E-state index is 0.263. The van der Waals surface area contributed by atoms with Crippen molar-refractivity contribution in [2.45, 2.75) is 65.0 Å². The highest BCUT2D eigenvalue weighted by molar-refractivity contribution is 6.31. The lowest BCUT2D eigenvalue weighted by Crippen LogP contribution is -2.48. The number of rotatable bonds is 5. The topological polar surface area (TPSA) is 38.1 Å². The molecule has 1 heterocycles. The average molecular weight is 350 g/mol. The van der Waals surface area contributed by atoms with E-state index in [1.54, 1.807) is 0 Å². The first-order chi connectivity index (χ1) is 11.5. The second kappa shape index (κ2) is 6.05. The third kappa shape index (κ3) is 2.98. The zero-order valence-electron chi connectivity index (χ0n) is 14.8. The van der Waals surface area contributed by atoms with Crippen molar-refractivity contribution in [2.75, 3.05) is 7.05 Å². The van der Waals surface area contributed by atoms with E-state index in [4.69, 9.17) is 11.6 Å². The third-order valence-corrected chi connectivity index (χ3v) is 6.93. The maximum absolute atomic E-state index is 12.9. The molecule has 4 nitrogen and oxygen atoms in total. The lowest BCUT2D eigenvalue weighted by Gasteiger charge is -2.56. The highest BCUT2D eigenvalue weighted by atomic mass is 35.5. The molecule has 0 unspecified atom stereocenters. The molecule has 0 radical (unpaired) electrons. The Balaban J connectivity index is 1.41. The zero-order chi connectivity index (χ0) is 16.9. The standard InChI is InChI=1S/C19H28ClN3O/c1-3-23-11-16(20)17(21-23)12-22(2)18(24)10-19-7-13-4-14(8-19)6-15(5-13)9-19/h11,13-15H,3-10,12H2,1-2H3. The quantitative estimate of drug-likeness (QED) is 0.801. The van der Waals surface area contributed by atoms with Gasteiger partial charge >= 0.3 is 0 Å². The molecule has 0 saturated heterocycles. The Kier molecular flexibility index (Phi) is 4.14. The van der Waals surface area contributed by atoms with E-state index in [0.717, 1.165) is 36.4 Å². The lowest BCUT2D eigenvalue weighted by atomic mass is 9.49. The average Bonchev–Trinajstić information content (AvgIpc) is 2.85. The summed E-state index contributed by atoms with van der Waals surface area (Å²) in [6.07, 6.45) is 10.7. The van der Waals surface area contributed by atoms with Gasteiger partial charge < -0.3 is 4.90 Å². The zero-order valence-corrected chi connectivity index (χ0v) is 15.6. The number of carbonyl (C=O) groups is 1. The number of carbonyl (C=O) groups excluding carboxylic acids is 1. The SMILES string of the molecule is CCn1cc(Cl)c(CN(C)C(=O)CC23CC4CC(CC(C4)C2)C3)n1. The summed E-state index contributed by atoms with van der Waals surface area (Å²) in [5.74, 6) is 2.94. The van der Waals surface area contributed by atoms with Gasteiger partial charge in [0.05, 0.1) is 11.6 Å². The van der Waals surface area contributed by atoms with E-state index in [1.165, 1.54) is 38.5 Å². The summed E-state index contributed by atoms with van der Waals surface area (Å²) in [6, 6.07) is 0. The number of nitrogens with zero attached hydrogens (tertiary/aromatic N) is 3. The van der Waals surface area contributed by atoms with E-state index in [2.05, 4.69) is 5.10 Å². The number of hydrogen-bond acceptors (Lipinski definition) is 2. The van der Waals surface area contributed by atoms with E-state index in [9.17, 15) is 4.79 Å². The van der Waals surface area contributed by atoms with Crippen LogP contribution in [0.2, 0.25) is 5.02 Å². The fourth-order valence-electron chi connectivity index (χ4n) is 5.98. The summed E-state index contributed by atoms with van der Waals surface area (Å²) in [6.45, 7) is 3.34. The number of aromatic nitrogens is 2. The normalized spacial score (nSPS) is 33.9. The monoisotopic (exact) mass is 349 g/mol. The van der Waals surface area contributed by atoms with Crippen LogP contribution in [-0.2, 0) is 17.9 Å². The van der Waals surface area contributed by atoms with Crippen LogP contribution in [0.25, 0.3) is 0 Å². The first-order valence-corrected chi connectivity index (χ1v) is 9.80. The Morgan fingerprint density at radius 1 is 1.29 bits per heavy atom. The van der Waals surface area contributed by atoms with Crippen molar-refractivity contribution < 1.29 is 4.79 Å². The Bertz CT molecular complexity index is 603. The summed E-state index contributed by atoms with van der Waals surface area (Å²) >= 11 is 6.25. The van der Waals surface area contributed by atoms with Crippen LogP contribution in [-0.4, -0.2) is 27.6 Å². The van der Waals surface area contributed by atoms with E-state index in [0.29, 0.717) is 17.0 Å². The molecule has 4 aliphatic rings. The van der Waals surface area contributed by atoms with E-state index in [1.807, 2.05) is 29.7 Å². The van der Waals surface area contributed by atoms with Gasteiger partial charge in [0.25, 0.3) is 0 Å². The summed E-state index contributed by atoms with van der Waals surface area (Å²) in [4.78, 5) is 14.7.